The summed E-state index contributed by atoms with van der Waals surface area (Å²) in [7, 11) is 1.49. The summed E-state index contributed by atoms with van der Waals surface area (Å²) in [6.07, 6.45) is 5.42. The molecule has 4 rings (SSSR count). The number of hydrogen-bond acceptors (Lipinski definition) is 4. The molecule has 1 heterocycles. The predicted octanol–water partition coefficient (Wildman–Crippen LogP) is 6.19. The number of fused-ring (bicyclic) bond motifs is 3. The number of hydrogen-bond donors (Lipinski definition) is 0. The summed E-state index contributed by atoms with van der Waals surface area (Å²) in [5.41, 5.74) is 5.95. The Balaban J connectivity index is 1.91. The van der Waals surface area contributed by atoms with Crippen molar-refractivity contribution in [1.82, 2.24) is 4.57 Å². The SMILES string of the molecule is C=Cc1cc(SOOC)cc2c3c(n(Cc4ccc(Cl)cc4)c12)C(CC=O)CC3. The Morgan fingerprint density at radius 3 is 2.79 bits per heavy atom. The molecular weight excluding hydrogens is 406 g/mol. The third-order valence-corrected chi connectivity index (χ3v) is 6.37. The highest BCUT2D eigenvalue weighted by Gasteiger charge is 2.30. The molecule has 2 aromatic carbocycles. The zero-order chi connectivity index (χ0) is 20.4. The van der Waals surface area contributed by atoms with Crippen LogP contribution in [-0.4, -0.2) is 18.0 Å². The molecule has 0 spiro atoms. The lowest BCUT2D eigenvalue weighted by atomic mass is 10.0. The average molecular weight is 428 g/mol. The number of nitrogens with zero attached hydrogens (tertiary/aromatic N) is 1. The molecule has 0 N–H and O–H groups in total. The number of carbonyl (C=O) groups excluding carboxylic acids is 1. The zero-order valence-electron chi connectivity index (χ0n) is 16.2. The van der Waals surface area contributed by atoms with E-state index in [1.165, 1.54) is 41.4 Å². The van der Waals surface area contributed by atoms with Crippen LogP contribution in [0, 0.1) is 0 Å². The summed E-state index contributed by atoms with van der Waals surface area (Å²) in [6.45, 7) is 4.75. The van der Waals surface area contributed by atoms with E-state index in [9.17, 15) is 4.79 Å². The van der Waals surface area contributed by atoms with E-state index in [0.29, 0.717) is 6.42 Å². The van der Waals surface area contributed by atoms with Crippen LogP contribution >= 0.6 is 23.6 Å². The molecule has 4 nitrogen and oxygen atoms in total. The van der Waals surface area contributed by atoms with Gasteiger partial charge < -0.3 is 9.36 Å². The van der Waals surface area contributed by atoms with Crippen LogP contribution in [-0.2, 0) is 27.0 Å². The van der Waals surface area contributed by atoms with E-state index in [2.05, 4.69) is 35.4 Å². The first kappa shape index (κ1) is 20.2. The van der Waals surface area contributed by atoms with E-state index in [-0.39, 0.29) is 5.92 Å². The minimum Gasteiger partial charge on any atom is -0.339 e. The summed E-state index contributed by atoms with van der Waals surface area (Å²) in [6, 6.07) is 12.1. The highest BCUT2D eigenvalue weighted by molar-refractivity contribution is 7.94. The lowest BCUT2D eigenvalue weighted by Crippen LogP contribution is -2.08. The molecule has 1 unspecified atom stereocenters. The highest BCUT2D eigenvalue weighted by Crippen LogP contribution is 2.44. The number of aldehydes is 1. The maximum absolute atomic E-state index is 11.3. The predicted molar refractivity (Wildman–Crippen MR) is 118 cm³/mol. The maximum Gasteiger partial charge on any atom is 0.120 e. The van der Waals surface area contributed by atoms with E-state index in [0.717, 1.165) is 46.7 Å². The quantitative estimate of drug-likeness (QED) is 0.186. The van der Waals surface area contributed by atoms with Crippen LogP contribution in [0.1, 0.15) is 41.1 Å². The lowest BCUT2D eigenvalue weighted by Gasteiger charge is -2.16. The first-order chi connectivity index (χ1) is 14.2. The smallest absolute Gasteiger partial charge is 0.120 e. The second-order valence-electron chi connectivity index (χ2n) is 7.15. The van der Waals surface area contributed by atoms with Gasteiger partial charge in [-0.15, -0.1) is 0 Å². The maximum atomic E-state index is 11.3. The van der Waals surface area contributed by atoms with E-state index in [1.54, 1.807) is 0 Å². The Kier molecular flexibility index (Phi) is 6.11. The Hall–Kier alpha value is -2.05. The molecule has 1 aromatic heterocycles. The molecule has 3 aromatic rings. The van der Waals surface area contributed by atoms with Crippen LogP contribution < -0.4 is 0 Å². The first-order valence-electron chi connectivity index (χ1n) is 9.53. The van der Waals surface area contributed by atoms with Crippen molar-refractivity contribution in [2.45, 2.75) is 36.6 Å². The van der Waals surface area contributed by atoms with Gasteiger partial charge in [0.15, 0.2) is 0 Å². The van der Waals surface area contributed by atoms with Crippen LogP contribution in [0.3, 0.4) is 0 Å². The van der Waals surface area contributed by atoms with Crippen molar-refractivity contribution in [2.24, 2.45) is 0 Å². The van der Waals surface area contributed by atoms with Gasteiger partial charge in [-0.2, -0.15) is 4.33 Å². The number of aryl methyl sites for hydroxylation is 1. The zero-order valence-corrected chi connectivity index (χ0v) is 17.8. The van der Waals surface area contributed by atoms with E-state index in [1.807, 2.05) is 18.2 Å². The van der Waals surface area contributed by atoms with Crippen LogP contribution in [0.25, 0.3) is 17.0 Å². The van der Waals surface area contributed by atoms with E-state index < -0.39 is 0 Å². The molecule has 150 valence electrons. The molecule has 0 aliphatic heterocycles. The molecule has 0 fully saturated rings. The van der Waals surface area contributed by atoms with Gasteiger partial charge in [-0.1, -0.05) is 36.4 Å². The summed E-state index contributed by atoms with van der Waals surface area (Å²) < 4.78 is 7.44. The third kappa shape index (κ3) is 3.88. The molecule has 0 saturated heterocycles. The van der Waals surface area contributed by atoms with Gasteiger partial charge in [0.1, 0.15) is 6.29 Å². The van der Waals surface area contributed by atoms with Crippen LogP contribution in [0.4, 0.5) is 0 Å². The summed E-state index contributed by atoms with van der Waals surface area (Å²) in [4.78, 5) is 17.0. The van der Waals surface area contributed by atoms with Crippen molar-refractivity contribution in [1.29, 1.82) is 0 Å². The second-order valence-corrected chi connectivity index (χ2v) is 8.36. The van der Waals surface area contributed by atoms with Gasteiger partial charge in [0.05, 0.1) is 24.7 Å². The standard InChI is InChI=1S/C23H22ClNO3S/c1-3-16-12-19(29-28-27-2)13-21-20-9-6-17(10-11-26)23(20)25(22(16)21)14-15-4-7-18(24)8-5-15/h3-5,7-8,11-13,17H,1,6,9-10,14H2,2H3. The fourth-order valence-corrected chi connectivity index (χ4v) is 4.94. The number of benzene rings is 2. The molecule has 0 saturated carbocycles. The Morgan fingerprint density at radius 2 is 2.10 bits per heavy atom. The largest absolute Gasteiger partial charge is 0.339 e. The minimum absolute atomic E-state index is 0.242. The molecule has 0 amide bonds. The Morgan fingerprint density at radius 1 is 1.31 bits per heavy atom. The molecule has 29 heavy (non-hydrogen) atoms. The molecule has 6 heteroatoms. The van der Waals surface area contributed by atoms with Crippen molar-refractivity contribution in [3.63, 3.8) is 0 Å². The second kappa shape index (κ2) is 8.76. The summed E-state index contributed by atoms with van der Waals surface area (Å²) >= 11 is 7.26. The molecule has 1 aliphatic rings. The molecule has 0 bridgehead atoms. The Labute approximate surface area is 179 Å². The fourth-order valence-electron chi connectivity index (χ4n) is 4.33. The van der Waals surface area contributed by atoms with E-state index >= 15 is 0 Å². The number of carbonyl (C=O) groups is 1. The fraction of sp³-hybridized carbons (Fsp3) is 0.261. The topological polar surface area (TPSA) is 40.5 Å². The lowest BCUT2D eigenvalue weighted by molar-refractivity contribution is -0.160. The monoisotopic (exact) mass is 427 g/mol. The van der Waals surface area contributed by atoms with Gasteiger partial charge in [-0.05, 0) is 53.8 Å². The van der Waals surface area contributed by atoms with Crippen LogP contribution in [0.15, 0.2) is 47.9 Å². The highest BCUT2D eigenvalue weighted by atomic mass is 35.5. The van der Waals surface area contributed by atoms with Gasteiger partial charge in [-0.3, -0.25) is 0 Å². The van der Waals surface area contributed by atoms with Crippen molar-refractivity contribution in [3.05, 3.63) is 70.4 Å². The number of halogens is 1. The molecular formula is C23H22ClNO3S. The van der Waals surface area contributed by atoms with Gasteiger partial charge in [0, 0.05) is 39.9 Å². The number of aromatic nitrogens is 1. The van der Waals surface area contributed by atoms with Crippen LogP contribution in [0.2, 0.25) is 5.02 Å². The minimum atomic E-state index is 0.242. The molecule has 1 atom stereocenters. The summed E-state index contributed by atoms with van der Waals surface area (Å²) in [5.74, 6) is 0.242. The third-order valence-electron chi connectivity index (χ3n) is 5.49. The van der Waals surface area contributed by atoms with Crippen molar-refractivity contribution in [2.75, 3.05) is 7.11 Å². The van der Waals surface area contributed by atoms with Crippen molar-refractivity contribution in [3.8, 4) is 0 Å². The van der Waals surface area contributed by atoms with Gasteiger partial charge >= 0.3 is 0 Å². The van der Waals surface area contributed by atoms with E-state index in [4.69, 9.17) is 20.8 Å². The van der Waals surface area contributed by atoms with Crippen molar-refractivity contribution >= 4 is 46.9 Å². The van der Waals surface area contributed by atoms with Gasteiger partial charge in [-0.25, -0.2) is 4.89 Å². The summed E-state index contributed by atoms with van der Waals surface area (Å²) in [5, 5.41) is 1.92. The molecule has 0 radical (unpaired) electrons. The molecule has 1 aliphatic carbocycles. The normalized spacial score (nSPS) is 15.6. The van der Waals surface area contributed by atoms with Gasteiger partial charge in [0.25, 0.3) is 0 Å². The first-order valence-corrected chi connectivity index (χ1v) is 10.6. The van der Waals surface area contributed by atoms with Crippen LogP contribution in [0.5, 0.6) is 0 Å². The van der Waals surface area contributed by atoms with Crippen molar-refractivity contribution < 1.29 is 14.0 Å². The number of rotatable bonds is 8. The van der Waals surface area contributed by atoms with Gasteiger partial charge in [0.2, 0.25) is 0 Å². The average Bonchev–Trinajstić information content (AvgIpc) is 3.27. The Bertz CT molecular complexity index is 1060.